The van der Waals surface area contributed by atoms with Crippen molar-refractivity contribution < 1.29 is 5.11 Å². The van der Waals surface area contributed by atoms with E-state index in [1.54, 1.807) is 4.68 Å². The first-order valence-corrected chi connectivity index (χ1v) is 5.92. The molecule has 0 spiro atoms. The van der Waals surface area contributed by atoms with Gasteiger partial charge < -0.3 is 5.11 Å². The summed E-state index contributed by atoms with van der Waals surface area (Å²) in [6.07, 6.45) is 1.79. The third kappa shape index (κ3) is 1.96. The van der Waals surface area contributed by atoms with Gasteiger partial charge in [0.25, 0.3) is 0 Å². The Labute approximate surface area is 97.0 Å². The molecule has 0 saturated carbocycles. The fourth-order valence-corrected chi connectivity index (χ4v) is 2.13. The number of nitrogens with zero attached hydrogens (tertiary/aromatic N) is 5. The SMILES string of the molecule is CCCc1c(CO)nnn1-c1nnc(C)s1. The van der Waals surface area contributed by atoms with E-state index in [2.05, 4.69) is 27.4 Å². The van der Waals surface area contributed by atoms with Gasteiger partial charge in [-0.15, -0.1) is 15.3 Å². The van der Waals surface area contributed by atoms with Crippen LogP contribution < -0.4 is 0 Å². The third-order valence-corrected chi connectivity index (χ3v) is 2.99. The summed E-state index contributed by atoms with van der Waals surface area (Å²) in [4.78, 5) is 0. The van der Waals surface area contributed by atoms with Gasteiger partial charge in [0, 0.05) is 0 Å². The normalized spacial score (nSPS) is 10.9. The van der Waals surface area contributed by atoms with Crippen molar-refractivity contribution in [2.45, 2.75) is 33.3 Å². The van der Waals surface area contributed by atoms with Crippen LogP contribution in [0, 0.1) is 6.92 Å². The number of aliphatic hydroxyl groups excluding tert-OH is 1. The number of aryl methyl sites for hydroxylation is 1. The highest BCUT2D eigenvalue weighted by Gasteiger charge is 2.15. The minimum atomic E-state index is -0.0902. The maximum Gasteiger partial charge on any atom is 0.234 e. The highest BCUT2D eigenvalue weighted by Crippen LogP contribution is 2.17. The molecule has 0 bridgehead atoms. The van der Waals surface area contributed by atoms with Crippen molar-refractivity contribution in [3.8, 4) is 5.13 Å². The minimum Gasteiger partial charge on any atom is -0.390 e. The number of hydrogen-bond acceptors (Lipinski definition) is 6. The Morgan fingerprint density at radius 2 is 2.12 bits per heavy atom. The van der Waals surface area contributed by atoms with Crippen molar-refractivity contribution in [3.63, 3.8) is 0 Å². The Kier molecular flexibility index (Phi) is 3.25. The molecule has 0 aliphatic heterocycles. The average Bonchev–Trinajstić information content (AvgIpc) is 2.85. The lowest BCUT2D eigenvalue weighted by molar-refractivity contribution is 0.275. The van der Waals surface area contributed by atoms with Gasteiger partial charge in [-0.1, -0.05) is 29.9 Å². The van der Waals surface area contributed by atoms with Crippen molar-refractivity contribution in [1.82, 2.24) is 25.2 Å². The maximum atomic E-state index is 9.16. The first kappa shape index (κ1) is 11.2. The lowest BCUT2D eigenvalue weighted by Crippen LogP contribution is -2.03. The molecule has 0 atom stereocenters. The quantitative estimate of drug-likeness (QED) is 0.856. The molecular formula is C9H13N5OS. The lowest BCUT2D eigenvalue weighted by Gasteiger charge is -2.01. The molecule has 0 amide bonds. The Hall–Kier alpha value is -1.34. The summed E-state index contributed by atoms with van der Waals surface area (Å²) in [5.41, 5.74) is 1.54. The second-order valence-corrected chi connectivity index (χ2v) is 4.57. The highest BCUT2D eigenvalue weighted by atomic mass is 32.1. The van der Waals surface area contributed by atoms with Crippen LogP contribution in [0.1, 0.15) is 29.7 Å². The first-order valence-electron chi connectivity index (χ1n) is 5.11. The van der Waals surface area contributed by atoms with Crippen LogP contribution in [0.15, 0.2) is 0 Å². The van der Waals surface area contributed by atoms with Crippen LogP contribution in [0.5, 0.6) is 0 Å². The maximum absolute atomic E-state index is 9.16. The predicted octanol–water partition coefficient (Wildman–Crippen LogP) is 0.872. The zero-order valence-corrected chi connectivity index (χ0v) is 10.0. The van der Waals surface area contributed by atoms with Gasteiger partial charge in [-0.25, -0.2) is 0 Å². The molecule has 2 heterocycles. The molecule has 0 radical (unpaired) electrons. The van der Waals surface area contributed by atoms with Gasteiger partial charge in [0.15, 0.2) is 0 Å². The zero-order chi connectivity index (χ0) is 11.5. The van der Waals surface area contributed by atoms with Gasteiger partial charge in [0.1, 0.15) is 10.7 Å². The molecule has 0 aliphatic carbocycles. The number of aromatic nitrogens is 5. The molecular weight excluding hydrogens is 226 g/mol. The van der Waals surface area contributed by atoms with Crippen LogP contribution in [0.2, 0.25) is 0 Å². The second kappa shape index (κ2) is 4.67. The molecule has 2 aromatic rings. The molecule has 0 saturated heterocycles. The zero-order valence-electron chi connectivity index (χ0n) is 9.21. The molecule has 2 aromatic heterocycles. The Balaban J connectivity index is 2.43. The summed E-state index contributed by atoms with van der Waals surface area (Å²) in [5.74, 6) is 0. The lowest BCUT2D eigenvalue weighted by atomic mass is 10.2. The summed E-state index contributed by atoms with van der Waals surface area (Å²) in [6, 6.07) is 0. The van der Waals surface area contributed by atoms with Gasteiger partial charge >= 0.3 is 0 Å². The van der Waals surface area contributed by atoms with E-state index in [9.17, 15) is 0 Å². The van der Waals surface area contributed by atoms with Gasteiger partial charge in [0.2, 0.25) is 5.13 Å². The fourth-order valence-electron chi connectivity index (χ4n) is 1.47. The Bertz CT molecular complexity index is 478. The topological polar surface area (TPSA) is 76.7 Å². The summed E-state index contributed by atoms with van der Waals surface area (Å²) in [7, 11) is 0. The van der Waals surface area contributed by atoms with E-state index < -0.39 is 0 Å². The average molecular weight is 239 g/mol. The molecule has 0 fully saturated rings. The molecule has 2 rings (SSSR count). The van der Waals surface area contributed by atoms with E-state index in [0.717, 1.165) is 23.5 Å². The van der Waals surface area contributed by atoms with E-state index >= 15 is 0 Å². The molecule has 0 unspecified atom stereocenters. The van der Waals surface area contributed by atoms with Gasteiger partial charge in [-0.3, -0.25) is 0 Å². The molecule has 0 aliphatic rings. The monoisotopic (exact) mass is 239 g/mol. The summed E-state index contributed by atoms with van der Waals surface area (Å²) in [5, 5.41) is 26.7. The fraction of sp³-hybridized carbons (Fsp3) is 0.556. The molecule has 1 N–H and O–H groups in total. The van der Waals surface area contributed by atoms with Crippen LogP contribution in [-0.2, 0) is 13.0 Å². The second-order valence-electron chi connectivity index (χ2n) is 3.41. The smallest absolute Gasteiger partial charge is 0.234 e. The van der Waals surface area contributed by atoms with Crippen molar-refractivity contribution in [3.05, 3.63) is 16.4 Å². The van der Waals surface area contributed by atoms with Crippen LogP contribution in [0.4, 0.5) is 0 Å². The van der Waals surface area contributed by atoms with Gasteiger partial charge in [-0.05, 0) is 13.3 Å². The van der Waals surface area contributed by atoms with Crippen molar-refractivity contribution >= 4 is 11.3 Å². The van der Waals surface area contributed by atoms with Crippen molar-refractivity contribution in [2.24, 2.45) is 0 Å². The molecule has 6 nitrogen and oxygen atoms in total. The van der Waals surface area contributed by atoms with Crippen LogP contribution >= 0.6 is 11.3 Å². The molecule has 7 heteroatoms. The first-order chi connectivity index (χ1) is 7.76. The van der Waals surface area contributed by atoms with Crippen LogP contribution in [0.3, 0.4) is 0 Å². The van der Waals surface area contributed by atoms with Crippen molar-refractivity contribution in [1.29, 1.82) is 0 Å². The minimum absolute atomic E-state index is 0.0902. The summed E-state index contributed by atoms with van der Waals surface area (Å²) in [6.45, 7) is 3.88. The highest BCUT2D eigenvalue weighted by molar-refractivity contribution is 7.13. The van der Waals surface area contributed by atoms with Crippen molar-refractivity contribution in [2.75, 3.05) is 0 Å². The number of hydrogen-bond donors (Lipinski definition) is 1. The predicted molar refractivity (Wildman–Crippen MR) is 59.5 cm³/mol. The standard InChI is InChI=1S/C9H13N5OS/c1-3-4-8-7(5-15)11-13-14(8)9-12-10-6(2)16-9/h15H,3-5H2,1-2H3. The van der Waals surface area contributed by atoms with E-state index in [-0.39, 0.29) is 6.61 Å². The molecule has 16 heavy (non-hydrogen) atoms. The van der Waals surface area contributed by atoms with E-state index in [1.165, 1.54) is 11.3 Å². The summed E-state index contributed by atoms with van der Waals surface area (Å²) >= 11 is 1.46. The molecule has 0 aromatic carbocycles. The Morgan fingerprint density at radius 1 is 1.31 bits per heavy atom. The number of rotatable bonds is 4. The van der Waals surface area contributed by atoms with E-state index in [1.807, 2.05) is 6.92 Å². The number of aliphatic hydroxyl groups is 1. The Morgan fingerprint density at radius 3 is 2.69 bits per heavy atom. The van der Waals surface area contributed by atoms with E-state index in [4.69, 9.17) is 5.11 Å². The van der Waals surface area contributed by atoms with Crippen LogP contribution in [-0.4, -0.2) is 30.3 Å². The van der Waals surface area contributed by atoms with Gasteiger partial charge in [0.05, 0.1) is 12.3 Å². The summed E-state index contributed by atoms with van der Waals surface area (Å²) < 4.78 is 1.67. The van der Waals surface area contributed by atoms with E-state index in [0.29, 0.717) is 10.8 Å². The largest absolute Gasteiger partial charge is 0.390 e. The van der Waals surface area contributed by atoms with Gasteiger partial charge in [-0.2, -0.15) is 4.68 Å². The third-order valence-electron chi connectivity index (χ3n) is 2.18. The van der Waals surface area contributed by atoms with Crippen LogP contribution in [0.25, 0.3) is 5.13 Å². The molecule has 86 valence electrons.